The van der Waals surface area contributed by atoms with Crippen LogP contribution in [0, 0.1) is 0 Å². The van der Waals surface area contributed by atoms with Gasteiger partial charge < -0.3 is 4.74 Å². The van der Waals surface area contributed by atoms with Crippen LogP contribution >= 0.6 is 11.8 Å². The van der Waals surface area contributed by atoms with Crippen LogP contribution < -0.4 is 4.74 Å². The van der Waals surface area contributed by atoms with E-state index in [0.717, 1.165) is 10.6 Å². The molecule has 0 spiro atoms. The smallest absolute Gasteiger partial charge is 0.193 e. The molecule has 0 N–H and O–H groups in total. The zero-order valence-corrected chi connectivity index (χ0v) is 8.56. The number of hydrogen-bond donors (Lipinski definition) is 0. The molecule has 0 amide bonds. The summed E-state index contributed by atoms with van der Waals surface area (Å²) in [5.41, 5.74) is 0. The predicted octanol–water partition coefficient (Wildman–Crippen LogP) is 2.72. The van der Waals surface area contributed by atoms with Crippen molar-refractivity contribution in [2.75, 3.05) is 7.11 Å². The molecule has 0 saturated heterocycles. The van der Waals surface area contributed by atoms with Crippen molar-refractivity contribution in [3.8, 4) is 5.75 Å². The fourth-order valence-corrected chi connectivity index (χ4v) is 1.53. The van der Waals surface area contributed by atoms with Crippen molar-refractivity contribution in [2.24, 2.45) is 0 Å². The van der Waals surface area contributed by atoms with Gasteiger partial charge in [0, 0.05) is 11.3 Å². The van der Waals surface area contributed by atoms with E-state index in [1.54, 1.807) is 7.11 Å². The molecule has 0 aliphatic carbocycles. The van der Waals surface area contributed by atoms with E-state index < -0.39 is 0 Å². The number of hydrogen-bond acceptors (Lipinski definition) is 3. The molecule has 70 valence electrons. The Labute approximate surface area is 82.3 Å². The summed E-state index contributed by atoms with van der Waals surface area (Å²) in [7, 11) is 1.62. The van der Waals surface area contributed by atoms with E-state index in [1.165, 1.54) is 11.8 Å². The van der Waals surface area contributed by atoms with Crippen LogP contribution in [-0.4, -0.2) is 12.2 Å². The molecule has 0 atom stereocenters. The normalized spacial score (nSPS) is 9.69. The van der Waals surface area contributed by atoms with Gasteiger partial charge in [0.05, 0.1) is 7.11 Å². The van der Waals surface area contributed by atoms with Crippen molar-refractivity contribution in [1.82, 2.24) is 0 Å². The first-order valence-electron chi connectivity index (χ1n) is 4.11. The van der Waals surface area contributed by atoms with E-state index in [4.69, 9.17) is 4.74 Å². The lowest BCUT2D eigenvalue weighted by Gasteiger charge is -2.00. The third-order valence-electron chi connectivity index (χ3n) is 1.58. The summed E-state index contributed by atoms with van der Waals surface area (Å²) < 4.78 is 5.01. The molecule has 2 nitrogen and oxygen atoms in total. The van der Waals surface area contributed by atoms with Crippen LogP contribution in [0.3, 0.4) is 0 Å². The highest BCUT2D eigenvalue weighted by atomic mass is 32.2. The van der Waals surface area contributed by atoms with E-state index in [9.17, 15) is 4.79 Å². The lowest BCUT2D eigenvalue weighted by atomic mass is 10.3. The van der Waals surface area contributed by atoms with Crippen LogP contribution in [0.15, 0.2) is 29.2 Å². The van der Waals surface area contributed by atoms with Crippen molar-refractivity contribution >= 4 is 16.9 Å². The topological polar surface area (TPSA) is 26.3 Å². The van der Waals surface area contributed by atoms with Crippen molar-refractivity contribution in [2.45, 2.75) is 18.2 Å². The molecule has 0 fully saturated rings. The van der Waals surface area contributed by atoms with Gasteiger partial charge in [-0.15, -0.1) is 0 Å². The fourth-order valence-electron chi connectivity index (χ4n) is 0.847. The van der Waals surface area contributed by atoms with E-state index in [0.29, 0.717) is 6.42 Å². The van der Waals surface area contributed by atoms with Gasteiger partial charge in [0.15, 0.2) is 5.12 Å². The summed E-state index contributed by atoms with van der Waals surface area (Å²) in [6.45, 7) is 1.86. The van der Waals surface area contributed by atoms with E-state index in [-0.39, 0.29) is 5.12 Å². The number of methoxy groups -OCH3 is 1. The van der Waals surface area contributed by atoms with Crippen LogP contribution in [0.2, 0.25) is 0 Å². The minimum Gasteiger partial charge on any atom is -0.497 e. The van der Waals surface area contributed by atoms with Gasteiger partial charge in [0.1, 0.15) is 5.75 Å². The van der Waals surface area contributed by atoms with Crippen LogP contribution in [0.25, 0.3) is 0 Å². The monoisotopic (exact) mass is 196 g/mol. The molecule has 0 bridgehead atoms. The maximum absolute atomic E-state index is 11.1. The Morgan fingerprint density at radius 3 is 2.46 bits per heavy atom. The Bertz CT molecular complexity index is 279. The first-order valence-corrected chi connectivity index (χ1v) is 4.92. The molecule has 0 heterocycles. The third kappa shape index (κ3) is 3.11. The van der Waals surface area contributed by atoms with Gasteiger partial charge in [0.2, 0.25) is 0 Å². The highest BCUT2D eigenvalue weighted by molar-refractivity contribution is 8.13. The van der Waals surface area contributed by atoms with E-state index in [2.05, 4.69) is 0 Å². The molecule has 1 rings (SSSR count). The van der Waals surface area contributed by atoms with Crippen molar-refractivity contribution < 1.29 is 9.53 Å². The quantitative estimate of drug-likeness (QED) is 0.695. The molecule has 1 aromatic rings. The van der Waals surface area contributed by atoms with Crippen LogP contribution in [0.4, 0.5) is 0 Å². The summed E-state index contributed by atoms with van der Waals surface area (Å²) in [4.78, 5) is 12.0. The van der Waals surface area contributed by atoms with Gasteiger partial charge in [-0.25, -0.2) is 0 Å². The summed E-state index contributed by atoms with van der Waals surface area (Å²) in [6, 6.07) is 7.48. The maximum Gasteiger partial charge on any atom is 0.193 e. The van der Waals surface area contributed by atoms with Crippen LogP contribution in [0.5, 0.6) is 5.75 Å². The number of benzene rings is 1. The van der Waals surface area contributed by atoms with Crippen molar-refractivity contribution in [1.29, 1.82) is 0 Å². The number of rotatable bonds is 3. The zero-order chi connectivity index (χ0) is 9.68. The summed E-state index contributed by atoms with van der Waals surface area (Å²) in [5, 5.41) is 0.185. The molecule has 0 unspecified atom stereocenters. The second-order valence-electron chi connectivity index (χ2n) is 2.50. The Balaban J connectivity index is 2.64. The molecule has 0 aliphatic heterocycles. The van der Waals surface area contributed by atoms with Gasteiger partial charge in [-0.05, 0) is 24.3 Å². The predicted molar refractivity (Wildman–Crippen MR) is 54.1 cm³/mol. The largest absolute Gasteiger partial charge is 0.497 e. The number of carbonyl (C=O) groups excluding carboxylic acids is 1. The summed E-state index contributed by atoms with van der Waals surface area (Å²) >= 11 is 1.27. The Morgan fingerprint density at radius 1 is 1.38 bits per heavy atom. The van der Waals surface area contributed by atoms with Gasteiger partial charge in [-0.2, -0.15) is 0 Å². The second kappa shape index (κ2) is 4.92. The van der Waals surface area contributed by atoms with Gasteiger partial charge in [-0.1, -0.05) is 18.7 Å². The Morgan fingerprint density at radius 2 is 2.00 bits per heavy atom. The summed E-state index contributed by atoms with van der Waals surface area (Å²) in [6.07, 6.45) is 0.566. The van der Waals surface area contributed by atoms with Crippen LogP contribution in [0.1, 0.15) is 13.3 Å². The lowest BCUT2D eigenvalue weighted by Crippen LogP contribution is -1.87. The molecular formula is C10H12O2S. The van der Waals surface area contributed by atoms with Gasteiger partial charge >= 0.3 is 0 Å². The molecule has 0 aliphatic rings. The first kappa shape index (κ1) is 10.1. The minimum atomic E-state index is 0.185. The van der Waals surface area contributed by atoms with E-state index >= 15 is 0 Å². The number of carbonyl (C=O) groups is 1. The lowest BCUT2D eigenvalue weighted by molar-refractivity contribution is -0.110. The molecule has 0 aromatic heterocycles. The minimum absolute atomic E-state index is 0.185. The van der Waals surface area contributed by atoms with Crippen molar-refractivity contribution in [3.63, 3.8) is 0 Å². The van der Waals surface area contributed by atoms with Gasteiger partial charge in [-0.3, -0.25) is 4.79 Å². The standard InChI is InChI=1S/C10H12O2S/c1-3-10(11)13-9-6-4-8(12-2)5-7-9/h4-7H,3H2,1-2H3. The number of ether oxygens (including phenoxy) is 1. The fraction of sp³-hybridized carbons (Fsp3) is 0.300. The average Bonchev–Trinajstić information content (AvgIpc) is 2.19. The van der Waals surface area contributed by atoms with E-state index in [1.807, 2.05) is 31.2 Å². The number of thioether (sulfide) groups is 1. The van der Waals surface area contributed by atoms with Crippen LogP contribution in [-0.2, 0) is 4.79 Å². The Kier molecular flexibility index (Phi) is 3.83. The average molecular weight is 196 g/mol. The summed E-state index contributed by atoms with van der Waals surface area (Å²) in [5.74, 6) is 0.813. The van der Waals surface area contributed by atoms with Gasteiger partial charge in [0.25, 0.3) is 0 Å². The molecule has 0 saturated carbocycles. The molecule has 13 heavy (non-hydrogen) atoms. The zero-order valence-electron chi connectivity index (χ0n) is 7.74. The SMILES string of the molecule is CCC(=O)Sc1ccc(OC)cc1. The third-order valence-corrected chi connectivity index (χ3v) is 2.60. The molecular weight excluding hydrogens is 184 g/mol. The maximum atomic E-state index is 11.1. The second-order valence-corrected chi connectivity index (χ2v) is 3.63. The highest BCUT2D eigenvalue weighted by Gasteiger charge is 2.01. The van der Waals surface area contributed by atoms with Crippen molar-refractivity contribution in [3.05, 3.63) is 24.3 Å². The molecule has 1 aromatic carbocycles. The first-order chi connectivity index (χ1) is 6.26. The highest BCUT2D eigenvalue weighted by Crippen LogP contribution is 2.22. The molecule has 0 radical (unpaired) electrons. The Hall–Kier alpha value is -0.960. The molecule has 3 heteroatoms.